The van der Waals surface area contributed by atoms with Crippen molar-refractivity contribution >= 4 is 28.4 Å². The summed E-state index contributed by atoms with van der Waals surface area (Å²) in [5.74, 6) is -0.667. The molecule has 0 spiro atoms. The van der Waals surface area contributed by atoms with Gasteiger partial charge in [-0.1, -0.05) is 66.7 Å². The van der Waals surface area contributed by atoms with Crippen LogP contribution in [0.15, 0.2) is 66.7 Å². The van der Waals surface area contributed by atoms with Gasteiger partial charge in [-0.15, -0.1) is 0 Å². The summed E-state index contributed by atoms with van der Waals surface area (Å²) >= 11 is 0. The fraction of sp³-hybridized carbons (Fsp3) is 0.208. The zero-order valence-electron chi connectivity index (χ0n) is 17.8. The molecule has 3 rings (SSSR count). The number of rotatable bonds is 6. The lowest BCUT2D eigenvalue weighted by atomic mass is 10.1. The zero-order valence-corrected chi connectivity index (χ0v) is 17.8. The predicted octanol–water partition coefficient (Wildman–Crippen LogP) is 2.20. The highest BCUT2D eigenvalue weighted by atomic mass is 16.2. The van der Waals surface area contributed by atoms with Gasteiger partial charge in [0, 0.05) is 12.1 Å². The van der Waals surface area contributed by atoms with Crippen LogP contribution in [0.4, 0.5) is 0 Å². The first-order chi connectivity index (χ1) is 14.8. The molecule has 7 N–H and O–H groups in total. The van der Waals surface area contributed by atoms with Gasteiger partial charge in [-0.2, -0.15) is 0 Å². The third kappa shape index (κ3) is 7.24. The molecule has 31 heavy (non-hydrogen) atoms. The average molecular weight is 420 g/mol. The Bertz CT molecular complexity index is 1040. The summed E-state index contributed by atoms with van der Waals surface area (Å²) in [4.78, 5) is 22.8. The lowest BCUT2D eigenvalue weighted by molar-refractivity contribution is -0.128. The van der Waals surface area contributed by atoms with Crippen molar-refractivity contribution in [3.8, 4) is 0 Å². The molecular weight excluding hydrogens is 390 g/mol. The molecule has 0 bridgehead atoms. The van der Waals surface area contributed by atoms with Gasteiger partial charge in [0.25, 0.3) is 0 Å². The van der Waals surface area contributed by atoms with Crippen LogP contribution < -0.4 is 22.1 Å². The van der Waals surface area contributed by atoms with E-state index in [2.05, 4.69) is 60.0 Å². The average Bonchev–Trinajstić information content (AvgIpc) is 2.78. The van der Waals surface area contributed by atoms with Gasteiger partial charge in [-0.3, -0.25) is 15.0 Å². The Labute approximate surface area is 182 Å². The second-order valence-electron chi connectivity index (χ2n) is 7.12. The molecule has 0 radical (unpaired) electrons. The van der Waals surface area contributed by atoms with E-state index < -0.39 is 6.04 Å². The number of nitrogen functional groups attached to an aromatic ring is 1. The zero-order chi connectivity index (χ0) is 22.8. The van der Waals surface area contributed by atoms with Gasteiger partial charge in [0.15, 0.2) is 0 Å². The van der Waals surface area contributed by atoms with Crippen molar-refractivity contribution in [2.45, 2.75) is 26.4 Å². The van der Waals surface area contributed by atoms with Crippen molar-refractivity contribution in [1.82, 2.24) is 10.6 Å². The minimum absolute atomic E-state index is 0.00120. The van der Waals surface area contributed by atoms with Crippen LogP contribution in [0.2, 0.25) is 0 Å². The summed E-state index contributed by atoms with van der Waals surface area (Å²) in [6.07, 6.45) is 0. The number of hydrogen-bond donors (Lipinski definition) is 5. The van der Waals surface area contributed by atoms with Crippen molar-refractivity contribution in [2.24, 2.45) is 11.5 Å². The molecule has 7 nitrogen and oxygen atoms in total. The van der Waals surface area contributed by atoms with E-state index in [1.54, 1.807) is 31.2 Å². The maximum atomic E-state index is 11.7. The minimum atomic E-state index is -0.637. The first-order valence-corrected chi connectivity index (χ1v) is 9.96. The molecule has 0 aliphatic rings. The highest BCUT2D eigenvalue weighted by Gasteiger charge is 2.14. The third-order valence-electron chi connectivity index (χ3n) is 4.70. The monoisotopic (exact) mass is 419 g/mol. The Kier molecular flexibility index (Phi) is 8.72. The number of carbonyl (C=O) groups is 2. The summed E-state index contributed by atoms with van der Waals surface area (Å²) in [6, 6.07) is 21.2. The minimum Gasteiger partial charge on any atom is -0.384 e. The number of fused-ring (bicyclic) bond motifs is 1. The summed E-state index contributed by atoms with van der Waals surface area (Å²) in [7, 11) is 0. The van der Waals surface area contributed by atoms with E-state index in [1.165, 1.54) is 16.3 Å². The SMILES string of the molecule is CC(NC(=O)CN)C(=O)NCc1ccc(C(=N)N)cc1.Cc1cccc2ccccc12. The predicted molar refractivity (Wildman–Crippen MR) is 125 cm³/mol. The van der Waals surface area contributed by atoms with E-state index in [9.17, 15) is 9.59 Å². The molecular formula is C24H29N5O2. The molecule has 3 aromatic carbocycles. The quantitative estimate of drug-likeness (QED) is 0.309. The van der Waals surface area contributed by atoms with Gasteiger partial charge in [0.2, 0.25) is 11.8 Å². The lowest BCUT2D eigenvalue weighted by Gasteiger charge is -2.13. The van der Waals surface area contributed by atoms with Gasteiger partial charge in [-0.25, -0.2) is 0 Å². The molecule has 162 valence electrons. The number of nitrogens with one attached hydrogen (secondary N) is 3. The standard InChI is InChI=1S/C13H19N5O2.C11H10/c1-8(18-11(19)6-14)13(20)17-7-9-2-4-10(5-3-9)12(15)16;1-9-5-4-7-10-6-2-3-8-11(9)10/h2-5,8H,6-7,14H2,1H3,(H3,15,16)(H,17,20)(H,18,19);2-8H,1H3. The molecule has 0 fully saturated rings. The third-order valence-corrected chi connectivity index (χ3v) is 4.70. The van der Waals surface area contributed by atoms with Crippen LogP contribution in [-0.2, 0) is 16.1 Å². The molecule has 0 aliphatic carbocycles. The molecule has 0 aromatic heterocycles. The largest absolute Gasteiger partial charge is 0.384 e. The Hall–Kier alpha value is -3.71. The first kappa shape index (κ1) is 23.6. The second kappa shape index (κ2) is 11.5. The summed E-state index contributed by atoms with van der Waals surface area (Å²) in [5, 5.41) is 15.1. The van der Waals surface area contributed by atoms with Gasteiger partial charge < -0.3 is 22.1 Å². The van der Waals surface area contributed by atoms with Crippen molar-refractivity contribution < 1.29 is 9.59 Å². The molecule has 0 heterocycles. The molecule has 1 atom stereocenters. The topological polar surface area (TPSA) is 134 Å². The molecule has 7 heteroatoms. The number of hydrogen-bond acceptors (Lipinski definition) is 4. The highest BCUT2D eigenvalue weighted by molar-refractivity contribution is 5.95. The van der Waals surface area contributed by atoms with Crippen LogP contribution in [0.5, 0.6) is 0 Å². The van der Waals surface area contributed by atoms with E-state index in [0.717, 1.165) is 5.56 Å². The summed E-state index contributed by atoms with van der Waals surface area (Å²) in [5.41, 5.74) is 13.4. The number of amidine groups is 1. The molecule has 1 unspecified atom stereocenters. The van der Waals surface area contributed by atoms with Gasteiger partial charge >= 0.3 is 0 Å². The van der Waals surface area contributed by atoms with Crippen LogP contribution in [0, 0.1) is 12.3 Å². The number of aryl methyl sites for hydroxylation is 1. The number of amides is 2. The smallest absolute Gasteiger partial charge is 0.242 e. The number of nitrogens with two attached hydrogens (primary N) is 2. The van der Waals surface area contributed by atoms with Crippen molar-refractivity contribution in [3.05, 3.63) is 83.4 Å². The Morgan fingerprint density at radius 3 is 2.26 bits per heavy atom. The first-order valence-electron chi connectivity index (χ1n) is 9.96. The van der Waals surface area contributed by atoms with Crippen molar-refractivity contribution in [2.75, 3.05) is 6.54 Å². The molecule has 0 saturated carbocycles. The van der Waals surface area contributed by atoms with E-state index in [0.29, 0.717) is 12.1 Å². The molecule has 0 aliphatic heterocycles. The van der Waals surface area contributed by atoms with E-state index >= 15 is 0 Å². The Morgan fingerprint density at radius 2 is 1.65 bits per heavy atom. The van der Waals surface area contributed by atoms with E-state index in [1.807, 2.05) is 0 Å². The Balaban J connectivity index is 0.000000258. The van der Waals surface area contributed by atoms with Crippen molar-refractivity contribution in [1.29, 1.82) is 5.41 Å². The number of carbonyl (C=O) groups excluding carboxylic acids is 2. The molecule has 2 amide bonds. The van der Waals surface area contributed by atoms with Gasteiger partial charge in [-0.05, 0) is 35.7 Å². The summed E-state index contributed by atoms with van der Waals surface area (Å²) in [6.45, 7) is 3.91. The van der Waals surface area contributed by atoms with Crippen LogP contribution in [0.25, 0.3) is 10.8 Å². The maximum absolute atomic E-state index is 11.7. The normalized spacial score (nSPS) is 11.1. The van der Waals surface area contributed by atoms with Crippen LogP contribution >= 0.6 is 0 Å². The van der Waals surface area contributed by atoms with E-state index in [4.69, 9.17) is 16.9 Å². The molecule has 3 aromatic rings. The fourth-order valence-electron chi connectivity index (χ4n) is 2.90. The van der Waals surface area contributed by atoms with Crippen LogP contribution in [0.3, 0.4) is 0 Å². The molecule has 0 saturated heterocycles. The van der Waals surface area contributed by atoms with E-state index in [-0.39, 0.29) is 24.2 Å². The van der Waals surface area contributed by atoms with Gasteiger partial charge in [0.1, 0.15) is 11.9 Å². The van der Waals surface area contributed by atoms with Crippen molar-refractivity contribution in [3.63, 3.8) is 0 Å². The summed E-state index contributed by atoms with van der Waals surface area (Å²) < 4.78 is 0. The van der Waals surface area contributed by atoms with Gasteiger partial charge in [0.05, 0.1) is 6.54 Å². The highest BCUT2D eigenvalue weighted by Crippen LogP contribution is 2.16. The van der Waals surface area contributed by atoms with Crippen LogP contribution in [-0.4, -0.2) is 30.2 Å². The fourth-order valence-corrected chi connectivity index (χ4v) is 2.90. The Morgan fingerprint density at radius 1 is 1.00 bits per heavy atom. The maximum Gasteiger partial charge on any atom is 0.242 e. The lowest BCUT2D eigenvalue weighted by Crippen LogP contribution is -2.46. The number of benzene rings is 3. The van der Waals surface area contributed by atoms with Crippen LogP contribution in [0.1, 0.15) is 23.6 Å². The second-order valence-corrected chi connectivity index (χ2v) is 7.12.